The summed E-state index contributed by atoms with van der Waals surface area (Å²) in [5, 5.41) is 15.9. The predicted octanol–water partition coefficient (Wildman–Crippen LogP) is 4.62. The topological polar surface area (TPSA) is 100 Å². The van der Waals surface area contributed by atoms with Gasteiger partial charge in [0.15, 0.2) is 5.78 Å². The number of carbonyl (C=O) groups excluding carboxylic acids is 2. The number of anilines is 1. The fourth-order valence-corrected chi connectivity index (χ4v) is 4.80. The normalized spacial score (nSPS) is 11.5. The molecule has 0 radical (unpaired) electrons. The monoisotopic (exact) mass is 493 g/mol. The minimum absolute atomic E-state index is 0.0150. The fraction of sp³-hybridized carbons (Fsp3) is 0.192. The molecule has 2 aromatic carbocycles. The van der Waals surface area contributed by atoms with Crippen molar-refractivity contribution in [1.29, 1.82) is 0 Å². The van der Waals surface area contributed by atoms with E-state index >= 15 is 0 Å². The number of nitrogens with zero attached hydrogens (tertiary/aromatic N) is 1. The number of aryl methyl sites for hydroxylation is 1. The highest BCUT2D eigenvalue weighted by Gasteiger charge is 2.25. The lowest BCUT2D eigenvalue weighted by molar-refractivity contribution is 0.0826. The van der Waals surface area contributed by atoms with Gasteiger partial charge >= 0.3 is 6.03 Å². The lowest BCUT2D eigenvalue weighted by Crippen LogP contribution is -2.40. The van der Waals surface area contributed by atoms with E-state index in [1.54, 1.807) is 51.1 Å². The molecule has 4 aromatic rings. The summed E-state index contributed by atoms with van der Waals surface area (Å²) in [7, 11) is 0. The Bertz CT molecular complexity index is 1490. The van der Waals surface area contributed by atoms with Crippen LogP contribution in [0.3, 0.4) is 0 Å². The second-order valence-electron chi connectivity index (χ2n) is 8.78. The van der Waals surface area contributed by atoms with Crippen molar-refractivity contribution in [2.75, 3.05) is 11.9 Å². The molecule has 0 saturated carbocycles. The van der Waals surface area contributed by atoms with E-state index in [4.69, 9.17) is 0 Å². The van der Waals surface area contributed by atoms with Gasteiger partial charge in [0.25, 0.3) is 5.56 Å². The number of pyridine rings is 1. The van der Waals surface area contributed by atoms with Crippen molar-refractivity contribution in [3.63, 3.8) is 0 Å². The number of amides is 2. The van der Waals surface area contributed by atoms with E-state index in [0.717, 1.165) is 11.3 Å². The van der Waals surface area contributed by atoms with Crippen molar-refractivity contribution in [3.05, 3.63) is 93.5 Å². The number of benzene rings is 2. The number of para-hydroxylation sites is 1. The van der Waals surface area contributed by atoms with Crippen molar-refractivity contribution in [2.45, 2.75) is 26.4 Å². The maximum absolute atomic E-state index is 13.8. The smallest absolute Gasteiger partial charge is 0.319 e. The SMILES string of the molecule is Cc1cc(C(=O)c2c(NC(=O)NCC(C)(C)O)sc3c2ccc(=O)n3-c2ccccc2)ccc1F. The zero-order chi connectivity index (χ0) is 25.3. The second kappa shape index (κ2) is 9.44. The summed E-state index contributed by atoms with van der Waals surface area (Å²) < 4.78 is 15.3. The van der Waals surface area contributed by atoms with Gasteiger partial charge in [0.05, 0.1) is 16.9 Å². The number of rotatable bonds is 6. The largest absolute Gasteiger partial charge is 0.389 e. The van der Waals surface area contributed by atoms with Gasteiger partial charge in [0.2, 0.25) is 0 Å². The molecule has 0 atom stereocenters. The number of carbonyl (C=O) groups is 2. The first-order chi connectivity index (χ1) is 16.5. The van der Waals surface area contributed by atoms with Crippen LogP contribution in [0.2, 0.25) is 0 Å². The van der Waals surface area contributed by atoms with Crippen LogP contribution in [-0.4, -0.2) is 33.6 Å². The Kier molecular flexibility index (Phi) is 6.56. The van der Waals surface area contributed by atoms with Crippen LogP contribution in [0.5, 0.6) is 0 Å². The molecule has 0 aliphatic carbocycles. The van der Waals surface area contributed by atoms with Gasteiger partial charge < -0.3 is 10.4 Å². The maximum Gasteiger partial charge on any atom is 0.319 e. The molecule has 4 rings (SSSR count). The van der Waals surface area contributed by atoms with Gasteiger partial charge in [-0.3, -0.25) is 19.5 Å². The van der Waals surface area contributed by atoms with Crippen LogP contribution >= 0.6 is 11.3 Å². The number of fused-ring (bicyclic) bond motifs is 1. The van der Waals surface area contributed by atoms with Crippen molar-refractivity contribution < 1.29 is 19.1 Å². The molecule has 0 spiro atoms. The summed E-state index contributed by atoms with van der Waals surface area (Å²) in [6, 6.07) is 15.3. The number of aromatic nitrogens is 1. The van der Waals surface area contributed by atoms with E-state index in [0.29, 0.717) is 21.5 Å². The van der Waals surface area contributed by atoms with Crippen molar-refractivity contribution in [2.24, 2.45) is 0 Å². The van der Waals surface area contributed by atoms with E-state index < -0.39 is 23.2 Å². The number of urea groups is 1. The zero-order valence-electron chi connectivity index (χ0n) is 19.4. The molecule has 0 fully saturated rings. The average Bonchev–Trinajstić information content (AvgIpc) is 3.16. The number of hydrogen-bond acceptors (Lipinski definition) is 5. The molecule has 2 amide bonds. The van der Waals surface area contributed by atoms with Gasteiger partial charge in [0.1, 0.15) is 15.6 Å². The highest BCUT2D eigenvalue weighted by Crippen LogP contribution is 2.37. The van der Waals surface area contributed by atoms with Gasteiger partial charge in [-0.05, 0) is 62.7 Å². The molecule has 0 saturated heterocycles. The van der Waals surface area contributed by atoms with Crippen LogP contribution in [0.25, 0.3) is 15.9 Å². The minimum Gasteiger partial charge on any atom is -0.389 e. The zero-order valence-corrected chi connectivity index (χ0v) is 20.2. The molecule has 35 heavy (non-hydrogen) atoms. The molecule has 2 heterocycles. The Labute approximate surface area is 204 Å². The van der Waals surface area contributed by atoms with Gasteiger partial charge in [0, 0.05) is 23.6 Å². The summed E-state index contributed by atoms with van der Waals surface area (Å²) >= 11 is 1.09. The van der Waals surface area contributed by atoms with Crippen LogP contribution in [-0.2, 0) is 0 Å². The molecule has 7 nitrogen and oxygen atoms in total. The first kappa shape index (κ1) is 24.3. The Hall–Kier alpha value is -3.82. The van der Waals surface area contributed by atoms with Crippen molar-refractivity contribution in [3.8, 4) is 5.69 Å². The molecular weight excluding hydrogens is 469 g/mol. The lowest BCUT2D eigenvalue weighted by Gasteiger charge is -2.17. The molecule has 0 aliphatic rings. The number of halogens is 1. The van der Waals surface area contributed by atoms with E-state index in [9.17, 15) is 23.9 Å². The predicted molar refractivity (Wildman–Crippen MR) is 135 cm³/mol. The van der Waals surface area contributed by atoms with Gasteiger partial charge in [-0.2, -0.15) is 0 Å². The van der Waals surface area contributed by atoms with Crippen LogP contribution in [0.4, 0.5) is 14.2 Å². The van der Waals surface area contributed by atoms with Gasteiger partial charge in [-0.1, -0.05) is 29.5 Å². The number of thiophene rings is 1. The molecule has 0 aliphatic heterocycles. The summed E-state index contributed by atoms with van der Waals surface area (Å²) in [5.74, 6) is -0.852. The molecule has 0 unspecified atom stereocenters. The van der Waals surface area contributed by atoms with Crippen molar-refractivity contribution >= 4 is 38.4 Å². The Morgan fingerprint density at radius 3 is 2.46 bits per heavy atom. The molecule has 0 bridgehead atoms. The first-order valence-corrected chi connectivity index (χ1v) is 11.7. The highest BCUT2D eigenvalue weighted by molar-refractivity contribution is 7.23. The van der Waals surface area contributed by atoms with Crippen molar-refractivity contribution in [1.82, 2.24) is 9.88 Å². The number of hydrogen-bond donors (Lipinski definition) is 3. The quantitative estimate of drug-likeness (QED) is 0.341. The Morgan fingerprint density at radius 1 is 1.09 bits per heavy atom. The van der Waals surface area contributed by atoms with Crippen LogP contribution in [0.1, 0.15) is 35.3 Å². The highest BCUT2D eigenvalue weighted by atomic mass is 32.1. The molecular formula is C26H24FN3O4S. The molecule has 2 aromatic heterocycles. The Morgan fingerprint density at radius 2 is 1.80 bits per heavy atom. The standard InChI is InChI=1S/C26H24FN3O4S/c1-15-13-16(9-11-19(15)27)22(32)21-18-10-12-20(31)30(17-7-5-4-6-8-17)24(18)35-23(21)29-25(33)28-14-26(2,3)34/h4-13,34H,14H2,1-3H3,(H2,28,29,33). The average molecular weight is 494 g/mol. The fourth-order valence-electron chi connectivity index (χ4n) is 3.59. The maximum atomic E-state index is 13.8. The van der Waals surface area contributed by atoms with Gasteiger partial charge in [-0.15, -0.1) is 0 Å². The number of nitrogens with one attached hydrogen (secondary N) is 2. The van der Waals surface area contributed by atoms with E-state index in [1.807, 2.05) is 6.07 Å². The summed E-state index contributed by atoms with van der Waals surface area (Å²) in [6.07, 6.45) is 0. The summed E-state index contributed by atoms with van der Waals surface area (Å²) in [4.78, 5) is 39.5. The van der Waals surface area contributed by atoms with E-state index in [2.05, 4.69) is 10.6 Å². The second-order valence-corrected chi connectivity index (χ2v) is 9.78. The summed E-state index contributed by atoms with van der Waals surface area (Å²) in [6.45, 7) is 4.65. The van der Waals surface area contributed by atoms with Crippen LogP contribution in [0, 0.1) is 12.7 Å². The van der Waals surface area contributed by atoms with Gasteiger partial charge in [-0.25, -0.2) is 9.18 Å². The molecule has 180 valence electrons. The van der Waals surface area contributed by atoms with E-state index in [1.165, 1.54) is 28.8 Å². The lowest BCUT2D eigenvalue weighted by atomic mass is 10.0. The summed E-state index contributed by atoms with van der Waals surface area (Å²) in [5.41, 5.74) is -0.0528. The third-order valence-electron chi connectivity index (χ3n) is 5.31. The third kappa shape index (κ3) is 5.16. The number of ketones is 1. The first-order valence-electron chi connectivity index (χ1n) is 10.9. The minimum atomic E-state index is -1.13. The Balaban J connectivity index is 1.89. The van der Waals surface area contributed by atoms with E-state index in [-0.39, 0.29) is 28.2 Å². The number of aliphatic hydroxyl groups is 1. The third-order valence-corrected chi connectivity index (χ3v) is 6.42. The molecule has 9 heteroatoms. The molecule has 3 N–H and O–H groups in total. The van der Waals surface area contributed by atoms with Crippen LogP contribution < -0.4 is 16.2 Å². The van der Waals surface area contributed by atoms with Crippen LogP contribution in [0.15, 0.2) is 65.5 Å².